The number of carbonyl (C=O) groups is 1. The second kappa shape index (κ2) is 8.98. The van der Waals surface area contributed by atoms with E-state index in [1.807, 2.05) is 30.3 Å². The number of nitrogens with one attached hydrogen (secondary N) is 1. The summed E-state index contributed by atoms with van der Waals surface area (Å²) < 4.78 is 28.8. The normalized spacial score (nSPS) is 11.2. The van der Waals surface area contributed by atoms with Gasteiger partial charge in [0.2, 0.25) is 11.7 Å². The van der Waals surface area contributed by atoms with Crippen molar-refractivity contribution >= 4 is 21.4 Å². The lowest BCUT2D eigenvalue weighted by molar-refractivity contribution is -0.117. The molecule has 1 heterocycles. The summed E-state index contributed by atoms with van der Waals surface area (Å²) in [4.78, 5) is 13.7. The number of nitrogens with zero attached hydrogens (tertiary/aromatic N) is 4. The lowest BCUT2D eigenvalue weighted by Crippen LogP contribution is -2.20. The van der Waals surface area contributed by atoms with Crippen molar-refractivity contribution in [1.29, 1.82) is 0 Å². The van der Waals surface area contributed by atoms with Gasteiger partial charge in [-0.05, 0) is 65.9 Å². The summed E-state index contributed by atoms with van der Waals surface area (Å²) in [6.45, 7) is -0.128. The van der Waals surface area contributed by atoms with Crippen LogP contribution in [0.1, 0.15) is 0 Å². The number of ether oxygens (including phenoxy) is 1. The molecule has 1 N–H and O–H groups in total. The van der Waals surface area contributed by atoms with Crippen molar-refractivity contribution in [2.75, 3.05) is 11.6 Å². The van der Waals surface area contributed by atoms with E-state index in [1.54, 1.807) is 36.4 Å². The molecule has 0 saturated heterocycles. The van der Waals surface area contributed by atoms with E-state index in [-0.39, 0.29) is 17.3 Å². The predicted octanol–water partition coefficient (Wildman–Crippen LogP) is 3.17. The van der Waals surface area contributed by atoms with Crippen LogP contribution >= 0.6 is 0 Å². The minimum absolute atomic E-state index is 0.128. The second-order valence-corrected chi connectivity index (χ2v) is 8.94. The maximum Gasteiger partial charge on any atom is 0.248 e. The lowest BCUT2D eigenvalue weighted by atomic mass is 10.2. The van der Waals surface area contributed by atoms with Crippen LogP contribution < -0.4 is 10.1 Å². The van der Waals surface area contributed by atoms with E-state index in [1.165, 1.54) is 16.9 Å². The third kappa shape index (κ3) is 5.35. The number of aromatic nitrogens is 4. The van der Waals surface area contributed by atoms with Gasteiger partial charge < -0.3 is 10.1 Å². The average molecular weight is 449 g/mol. The van der Waals surface area contributed by atoms with Crippen molar-refractivity contribution in [2.24, 2.45) is 0 Å². The molecule has 4 aromatic rings. The number of para-hydroxylation sites is 1. The summed E-state index contributed by atoms with van der Waals surface area (Å²) >= 11 is 0. The van der Waals surface area contributed by atoms with Gasteiger partial charge in [0.15, 0.2) is 9.84 Å². The van der Waals surface area contributed by atoms with Gasteiger partial charge in [0.1, 0.15) is 18.0 Å². The average Bonchev–Trinajstić information content (AvgIpc) is 3.24. The maximum absolute atomic E-state index is 12.3. The third-order valence-electron chi connectivity index (χ3n) is 4.40. The standard InChI is InChI=1S/C22H19N5O4S/c1-32(29,30)20-13-7-16(8-14-20)22-24-26-27(25-22)15-21(28)23-17-9-11-19(12-10-17)31-18-5-3-2-4-6-18/h2-14H,15H2,1H3,(H,23,28). The number of anilines is 1. The van der Waals surface area contributed by atoms with Crippen LogP contribution in [0.25, 0.3) is 11.4 Å². The molecule has 0 aliphatic rings. The fraction of sp³-hybridized carbons (Fsp3) is 0.0909. The van der Waals surface area contributed by atoms with Gasteiger partial charge in [-0.25, -0.2) is 8.42 Å². The zero-order valence-corrected chi connectivity index (χ0v) is 17.9. The molecule has 9 nitrogen and oxygen atoms in total. The Morgan fingerprint density at radius 1 is 0.938 bits per heavy atom. The summed E-state index contributed by atoms with van der Waals surface area (Å²) in [5.41, 5.74) is 1.20. The van der Waals surface area contributed by atoms with Gasteiger partial charge in [0.25, 0.3) is 0 Å². The first-order chi connectivity index (χ1) is 15.4. The van der Waals surface area contributed by atoms with Crippen LogP contribution in [-0.2, 0) is 21.2 Å². The highest BCUT2D eigenvalue weighted by Crippen LogP contribution is 2.22. The van der Waals surface area contributed by atoms with Crippen LogP contribution in [0.3, 0.4) is 0 Å². The summed E-state index contributed by atoms with van der Waals surface area (Å²) in [5, 5.41) is 14.8. The molecular weight excluding hydrogens is 430 g/mol. The van der Waals surface area contributed by atoms with Gasteiger partial charge >= 0.3 is 0 Å². The second-order valence-electron chi connectivity index (χ2n) is 6.93. The van der Waals surface area contributed by atoms with Gasteiger partial charge in [-0.15, -0.1) is 10.2 Å². The van der Waals surface area contributed by atoms with Crippen molar-refractivity contribution in [2.45, 2.75) is 11.4 Å². The van der Waals surface area contributed by atoms with Crippen molar-refractivity contribution in [3.63, 3.8) is 0 Å². The molecule has 0 aliphatic heterocycles. The molecule has 0 spiro atoms. The Balaban J connectivity index is 1.35. The Morgan fingerprint density at radius 3 is 2.25 bits per heavy atom. The van der Waals surface area contributed by atoms with Crippen molar-refractivity contribution in [1.82, 2.24) is 20.2 Å². The van der Waals surface area contributed by atoms with Gasteiger partial charge in [-0.3, -0.25) is 4.79 Å². The number of carbonyl (C=O) groups excluding carboxylic acids is 1. The number of rotatable bonds is 7. The fourth-order valence-corrected chi connectivity index (χ4v) is 3.47. The minimum atomic E-state index is -3.28. The quantitative estimate of drug-likeness (QED) is 0.461. The summed E-state index contributed by atoms with van der Waals surface area (Å²) in [6.07, 6.45) is 1.14. The Labute approximate surface area is 184 Å². The van der Waals surface area contributed by atoms with E-state index in [2.05, 4.69) is 20.7 Å². The Hall–Kier alpha value is -4.05. The molecule has 32 heavy (non-hydrogen) atoms. The molecule has 10 heteroatoms. The third-order valence-corrected chi connectivity index (χ3v) is 5.52. The molecule has 1 aromatic heterocycles. The number of sulfone groups is 1. The molecule has 0 radical (unpaired) electrons. The van der Waals surface area contributed by atoms with E-state index >= 15 is 0 Å². The van der Waals surface area contributed by atoms with Gasteiger partial charge in [-0.2, -0.15) is 4.80 Å². The summed E-state index contributed by atoms with van der Waals surface area (Å²) in [5.74, 6) is 1.35. The smallest absolute Gasteiger partial charge is 0.248 e. The van der Waals surface area contributed by atoms with Crippen molar-refractivity contribution in [3.8, 4) is 22.9 Å². The Bertz CT molecular complexity index is 1320. The Kier molecular flexibility index (Phi) is 5.95. The molecular formula is C22H19N5O4S. The van der Waals surface area contributed by atoms with E-state index < -0.39 is 9.84 Å². The predicted molar refractivity (Wildman–Crippen MR) is 118 cm³/mol. The molecule has 4 rings (SSSR count). The molecule has 0 atom stereocenters. The largest absolute Gasteiger partial charge is 0.457 e. The molecule has 0 fully saturated rings. The van der Waals surface area contributed by atoms with Crippen LogP contribution in [0.5, 0.6) is 11.5 Å². The number of hydrogen-bond acceptors (Lipinski definition) is 7. The van der Waals surface area contributed by atoms with Gasteiger partial charge in [0, 0.05) is 17.5 Å². The number of amides is 1. The topological polar surface area (TPSA) is 116 Å². The zero-order valence-electron chi connectivity index (χ0n) is 17.0. The van der Waals surface area contributed by atoms with Crippen LogP contribution in [0.4, 0.5) is 5.69 Å². The minimum Gasteiger partial charge on any atom is -0.457 e. The van der Waals surface area contributed by atoms with Crippen molar-refractivity contribution < 1.29 is 17.9 Å². The van der Waals surface area contributed by atoms with Gasteiger partial charge in [0.05, 0.1) is 4.90 Å². The molecule has 1 amide bonds. The molecule has 0 unspecified atom stereocenters. The first-order valence-electron chi connectivity index (χ1n) is 9.58. The summed E-state index contributed by atoms with van der Waals surface area (Å²) in [6, 6.07) is 22.5. The van der Waals surface area contributed by atoms with Crippen LogP contribution in [0.2, 0.25) is 0 Å². The first kappa shape index (κ1) is 21.2. The lowest BCUT2D eigenvalue weighted by Gasteiger charge is -2.07. The van der Waals surface area contributed by atoms with E-state index in [4.69, 9.17) is 4.74 Å². The molecule has 0 aliphatic carbocycles. The molecule has 3 aromatic carbocycles. The maximum atomic E-state index is 12.3. The molecule has 0 bridgehead atoms. The van der Waals surface area contributed by atoms with Crippen LogP contribution in [0, 0.1) is 0 Å². The number of benzene rings is 3. The van der Waals surface area contributed by atoms with Gasteiger partial charge in [-0.1, -0.05) is 18.2 Å². The molecule has 0 saturated carbocycles. The van der Waals surface area contributed by atoms with E-state index in [9.17, 15) is 13.2 Å². The van der Waals surface area contributed by atoms with E-state index in [0.717, 1.165) is 12.0 Å². The Morgan fingerprint density at radius 2 is 1.59 bits per heavy atom. The van der Waals surface area contributed by atoms with Crippen molar-refractivity contribution in [3.05, 3.63) is 78.9 Å². The zero-order chi connectivity index (χ0) is 22.6. The number of tetrazole rings is 1. The highest BCUT2D eigenvalue weighted by atomic mass is 32.2. The fourth-order valence-electron chi connectivity index (χ4n) is 2.84. The SMILES string of the molecule is CS(=O)(=O)c1ccc(-c2nnn(CC(=O)Nc3ccc(Oc4ccccc4)cc3)n2)cc1. The number of hydrogen-bond donors (Lipinski definition) is 1. The van der Waals surface area contributed by atoms with Crippen LogP contribution in [-0.4, -0.2) is 40.8 Å². The van der Waals surface area contributed by atoms with E-state index in [0.29, 0.717) is 22.8 Å². The highest BCUT2D eigenvalue weighted by Gasteiger charge is 2.12. The first-order valence-corrected chi connectivity index (χ1v) is 11.5. The monoisotopic (exact) mass is 449 g/mol. The highest BCUT2D eigenvalue weighted by molar-refractivity contribution is 7.90. The molecule has 162 valence electrons. The van der Waals surface area contributed by atoms with Crippen LogP contribution in [0.15, 0.2) is 83.8 Å². The summed E-state index contributed by atoms with van der Waals surface area (Å²) in [7, 11) is -3.28.